The molecule has 0 amide bonds. The molecule has 26 heavy (non-hydrogen) atoms. The molecule has 0 saturated carbocycles. The second-order valence-electron chi connectivity index (χ2n) is 5.16. The van der Waals surface area contributed by atoms with Crippen LogP contribution >= 0.6 is 22.6 Å². The molecule has 0 atom stereocenters. The van der Waals surface area contributed by atoms with Crippen LogP contribution in [0.4, 0.5) is 22.4 Å². The van der Waals surface area contributed by atoms with Crippen LogP contribution in [0.5, 0.6) is 11.5 Å². The van der Waals surface area contributed by atoms with Crippen LogP contribution in [-0.4, -0.2) is 13.3 Å². The summed E-state index contributed by atoms with van der Waals surface area (Å²) in [4.78, 5) is 11.3. The summed E-state index contributed by atoms with van der Waals surface area (Å²) < 4.78 is 68.4. The molecule has 0 aliphatic heterocycles. The maximum atomic E-state index is 13.7. The Bertz CT molecular complexity index is 821. The number of carbonyl (C=O) groups is 1. The molecule has 0 radical (unpaired) electrons. The highest BCUT2D eigenvalue weighted by Crippen LogP contribution is 2.38. The Labute approximate surface area is 160 Å². The van der Waals surface area contributed by atoms with Gasteiger partial charge in [-0.3, -0.25) is 0 Å². The minimum absolute atomic E-state index is 0.0740. The zero-order chi connectivity index (χ0) is 19.5. The van der Waals surface area contributed by atoms with Gasteiger partial charge in [0, 0.05) is 15.2 Å². The Morgan fingerprint density at radius 3 is 2.50 bits per heavy atom. The van der Waals surface area contributed by atoms with Crippen molar-refractivity contribution in [3.63, 3.8) is 0 Å². The van der Waals surface area contributed by atoms with E-state index in [4.69, 9.17) is 9.47 Å². The van der Waals surface area contributed by atoms with Crippen LogP contribution in [0.25, 0.3) is 0 Å². The fraction of sp³-hybridized carbons (Fsp3) is 0.235. The van der Waals surface area contributed by atoms with Gasteiger partial charge < -0.3 is 14.2 Å². The largest absolute Gasteiger partial charge is 0.513 e. The molecular formula is C17H13F4IO4. The highest BCUT2D eigenvalue weighted by Gasteiger charge is 2.35. The molecule has 0 bridgehead atoms. The van der Waals surface area contributed by atoms with Crippen molar-refractivity contribution in [1.29, 1.82) is 0 Å². The fourth-order valence-electron chi connectivity index (χ4n) is 2.06. The predicted molar refractivity (Wildman–Crippen MR) is 92.7 cm³/mol. The molecule has 2 aromatic rings. The Hall–Kier alpha value is -2.04. The summed E-state index contributed by atoms with van der Waals surface area (Å²) in [7, 11) is 1.12. The molecule has 0 unspecified atom stereocenters. The van der Waals surface area contributed by atoms with Gasteiger partial charge in [-0.25, -0.2) is 9.18 Å². The van der Waals surface area contributed by atoms with Crippen molar-refractivity contribution in [2.45, 2.75) is 19.7 Å². The lowest BCUT2D eigenvalue weighted by Crippen LogP contribution is -2.12. The van der Waals surface area contributed by atoms with Crippen LogP contribution in [0.3, 0.4) is 0 Å². The molecule has 140 valence electrons. The Kier molecular flexibility index (Phi) is 6.32. The molecular weight excluding hydrogens is 471 g/mol. The lowest BCUT2D eigenvalue weighted by atomic mass is 10.1. The topological polar surface area (TPSA) is 44.8 Å². The fourth-order valence-corrected chi connectivity index (χ4v) is 2.69. The van der Waals surface area contributed by atoms with Gasteiger partial charge in [-0.1, -0.05) is 6.07 Å². The highest BCUT2D eigenvalue weighted by molar-refractivity contribution is 14.1. The smallest absolute Gasteiger partial charge is 0.488 e. The first-order valence-corrected chi connectivity index (χ1v) is 8.24. The van der Waals surface area contributed by atoms with Crippen LogP contribution in [0.1, 0.15) is 16.7 Å². The van der Waals surface area contributed by atoms with E-state index in [0.717, 1.165) is 7.11 Å². The summed E-state index contributed by atoms with van der Waals surface area (Å²) in [5, 5.41) is 0. The molecule has 2 rings (SSSR count). The lowest BCUT2D eigenvalue weighted by molar-refractivity contribution is -0.139. The Morgan fingerprint density at radius 1 is 1.19 bits per heavy atom. The van der Waals surface area contributed by atoms with E-state index in [2.05, 4.69) is 4.74 Å². The van der Waals surface area contributed by atoms with E-state index >= 15 is 0 Å². The average molecular weight is 484 g/mol. The van der Waals surface area contributed by atoms with E-state index in [0.29, 0.717) is 21.3 Å². The average Bonchev–Trinajstić information content (AvgIpc) is 2.56. The molecule has 0 saturated heterocycles. The van der Waals surface area contributed by atoms with Crippen molar-refractivity contribution < 1.29 is 36.6 Å². The van der Waals surface area contributed by atoms with Gasteiger partial charge in [-0.05, 0) is 53.3 Å². The van der Waals surface area contributed by atoms with Crippen molar-refractivity contribution in [3.8, 4) is 11.5 Å². The van der Waals surface area contributed by atoms with E-state index in [9.17, 15) is 22.4 Å². The van der Waals surface area contributed by atoms with Gasteiger partial charge in [0.2, 0.25) is 0 Å². The Balaban J connectivity index is 2.35. The summed E-state index contributed by atoms with van der Waals surface area (Å²) in [6.45, 7) is 0.869. The number of benzene rings is 2. The number of carbonyl (C=O) groups excluding carboxylic acids is 1. The minimum atomic E-state index is -4.71. The molecule has 0 aliphatic carbocycles. The van der Waals surface area contributed by atoms with E-state index in [1.807, 2.05) is 22.6 Å². The van der Waals surface area contributed by atoms with Crippen LogP contribution in [-0.2, 0) is 17.5 Å². The molecule has 0 aliphatic rings. The van der Waals surface area contributed by atoms with Gasteiger partial charge in [0.05, 0.1) is 12.7 Å². The predicted octanol–water partition coefficient (Wildman–Crippen LogP) is 5.48. The molecule has 0 fully saturated rings. The number of alkyl halides is 3. The number of rotatable bonds is 4. The third kappa shape index (κ3) is 4.77. The number of halogens is 5. The van der Waals surface area contributed by atoms with Crippen molar-refractivity contribution >= 4 is 28.7 Å². The lowest BCUT2D eigenvalue weighted by Gasteiger charge is -2.17. The number of methoxy groups -OCH3 is 1. The molecule has 4 nitrogen and oxygen atoms in total. The maximum Gasteiger partial charge on any atom is 0.513 e. The number of aryl methyl sites for hydroxylation is 1. The van der Waals surface area contributed by atoms with E-state index in [1.54, 1.807) is 12.1 Å². The van der Waals surface area contributed by atoms with Gasteiger partial charge >= 0.3 is 12.3 Å². The first-order valence-electron chi connectivity index (χ1n) is 7.16. The SMILES string of the molecule is COC(=O)Oc1cccc(I)c1COc1cc(F)c(C)cc1C(F)(F)F. The summed E-state index contributed by atoms with van der Waals surface area (Å²) in [5.41, 5.74) is -0.904. The third-order valence-electron chi connectivity index (χ3n) is 3.37. The van der Waals surface area contributed by atoms with Gasteiger partial charge in [0.15, 0.2) is 0 Å². The summed E-state index contributed by atoms with van der Waals surface area (Å²) in [5.74, 6) is -1.39. The summed E-state index contributed by atoms with van der Waals surface area (Å²) in [6.07, 6.45) is -5.69. The normalized spacial score (nSPS) is 11.2. The minimum Gasteiger partial charge on any atom is -0.488 e. The van der Waals surface area contributed by atoms with E-state index in [-0.39, 0.29) is 17.9 Å². The van der Waals surface area contributed by atoms with E-state index in [1.165, 1.54) is 13.0 Å². The van der Waals surface area contributed by atoms with Crippen molar-refractivity contribution in [1.82, 2.24) is 0 Å². The molecule has 0 spiro atoms. The summed E-state index contributed by atoms with van der Waals surface area (Å²) in [6, 6.07) is 6.07. The Morgan fingerprint density at radius 2 is 1.88 bits per heavy atom. The van der Waals surface area contributed by atoms with Gasteiger partial charge in [0.25, 0.3) is 0 Å². The quantitative estimate of drug-likeness (QED) is 0.250. The molecule has 0 aromatic heterocycles. The van der Waals surface area contributed by atoms with Crippen molar-refractivity contribution in [2.75, 3.05) is 7.11 Å². The standard InChI is InChI=1S/C17H13F4IO4/c1-9-6-11(17(19,20)21)15(7-12(9)18)25-8-10-13(22)4-3-5-14(10)26-16(23)24-2/h3-7H,8H2,1-2H3. The number of ether oxygens (including phenoxy) is 3. The first-order chi connectivity index (χ1) is 12.1. The second kappa shape index (κ2) is 8.11. The zero-order valence-electron chi connectivity index (χ0n) is 13.6. The van der Waals surface area contributed by atoms with Crippen molar-refractivity contribution in [2.24, 2.45) is 0 Å². The van der Waals surface area contributed by atoms with Crippen LogP contribution in [0.2, 0.25) is 0 Å². The monoisotopic (exact) mass is 484 g/mol. The van der Waals surface area contributed by atoms with Gasteiger partial charge in [-0.15, -0.1) is 0 Å². The van der Waals surface area contributed by atoms with Crippen LogP contribution < -0.4 is 9.47 Å². The summed E-state index contributed by atoms with van der Waals surface area (Å²) >= 11 is 1.92. The third-order valence-corrected chi connectivity index (χ3v) is 4.38. The highest BCUT2D eigenvalue weighted by atomic mass is 127. The molecule has 9 heteroatoms. The second-order valence-corrected chi connectivity index (χ2v) is 6.32. The van der Waals surface area contributed by atoms with Gasteiger partial charge in [-0.2, -0.15) is 13.2 Å². The number of hydrogen-bond acceptors (Lipinski definition) is 4. The molecule has 0 heterocycles. The van der Waals surface area contributed by atoms with E-state index < -0.39 is 29.5 Å². The maximum absolute atomic E-state index is 13.7. The van der Waals surface area contributed by atoms with Gasteiger partial charge in [0.1, 0.15) is 23.9 Å². The molecule has 2 aromatic carbocycles. The van der Waals surface area contributed by atoms with Crippen molar-refractivity contribution in [3.05, 3.63) is 56.4 Å². The number of hydrogen-bond donors (Lipinski definition) is 0. The first kappa shape index (κ1) is 20.3. The molecule has 0 N–H and O–H groups in total. The van der Waals surface area contributed by atoms with Crippen LogP contribution in [0, 0.1) is 16.3 Å². The zero-order valence-corrected chi connectivity index (χ0v) is 15.8. The van der Waals surface area contributed by atoms with Crippen LogP contribution in [0.15, 0.2) is 30.3 Å².